The zero-order chi connectivity index (χ0) is 21.9. The van der Waals surface area contributed by atoms with Crippen LogP contribution in [0.2, 0.25) is 0 Å². The summed E-state index contributed by atoms with van der Waals surface area (Å²) in [7, 11) is 1.69. The first-order valence-corrected chi connectivity index (χ1v) is 11.4. The van der Waals surface area contributed by atoms with Gasteiger partial charge in [-0.15, -0.1) is 11.3 Å². The number of carbonyl (C=O) groups excluding carboxylic acids is 1. The standard InChI is InChI=1S/C26H23N3O2S/c1-31-17-21-13-12-20(32-21)15-23-26(30)29-16-24(19-10-6-3-7-11-19)27-22(25(29)28-23)14-18-8-4-2-5-9-18/h2-13,16,23H,14-15,17H2,1H3/p+1. The van der Waals surface area contributed by atoms with Gasteiger partial charge in [-0.2, -0.15) is 4.57 Å². The number of rotatable bonds is 7. The number of thiophene rings is 1. The first-order valence-electron chi connectivity index (χ1n) is 10.6. The minimum atomic E-state index is -0.314. The highest BCUT2D eigenvalue weighted by Crippen LogP contribution is 2.26. The van der Waals surface area contributed by atoms with E-state index in [1.54, 1.807) is 23.0 Å². The molecule has 0 bridgehead atoms. The van der Waals surface area contributed by atoms with Gasteiger partial charge in [-0.05, 0) is 17.7 Å². The molecule has 1 aliphatic rings. The third-order valence-electron chi connectivity index (χ3n) is 5.56. The van der Waals surface area contributed by atoms with Crippen molar-refractivity contribution in [3.63, 3.8) is 0 Å². The molecule has 1 aliphatic heterocycles. The zero-order valence-corrected chi connectivity index (χ0v) is 18.6. The van der Waals surface area contributed by atoms with Crippen LogP contribution in [0.5, 0.6) is 0 Å². The lowest BCUT2D eigenvalue weighted by atomic mass is 10.1. The van der Waals surface area contributed by atoms with Crippen molar-refractivity contribution in [3.8, 4) is 11.3 Å². The van der Waals surface area contributed by atoms with Crippen molar-refractivity contribution in [1.29, 1.82) is 0 Å². The fourth-order valence-corrected chi connectivity index (χ4v) is 5.06. The van der Waals surface area contributed by atoms with Crippen LogP contribution in [-0.4, -0.2) is 24.0 Å². The van der Waals surface area contributed by atoms with E-state index in [0.717, 1.165) is 38.1 Å². The van der Waals surface area contributed by atoms with Crippen molar-refractivity contribution in [2.75, 3.05) is 12.4 Å². The third-order valence-corrected chi connectivity index (χ3v) is 6.64. The Balaban J connectivity index is 1.49. The first-order chi connectivity index (χ1) is 15.7. The Kier molecular flexibility index (Phi) is 5.79. The van der Waals surface area contributed by atoms with Crippen molar-refractivity contribution in [2.24, 2.45) is 0 Å². The maximum absolute atomic E-state index is 13.4. The number of nitrogens with one attached hydrogen (secondary N) is 1. The van der Waals surface area contributed by atoms with Gasteiger partial charge in [0.1, 0.15) is 17.6 Å². The van der Waals surface area contributed by atoms with Crippen LogP contribution in [0, 0.1) is 0 Å². The summed E-state index contributed by atoms with van der Waals surface area (Å²) in [6.07, 6.45) is 3.15. The number of nitrogens with zero attached hydrogens (tertiary/aromatic N) is 2. The molecule has 5 rings (SSSR count). The fourth-order valence-electron chi connectivity index (χ4n) is 4.03. The molecular weight excluding hydrogens is 418 g/mol. The minimum absolute atomic E-state index is 0.0515. The molecule has 0 spiro atoms. The van der Waals surface area contributed by atoms with E-state index in [2.05, 4.69) is 29.6 Å². The van der Waals surface area contributed by atoms with E-state index in [4.69, 9.17) is 9.72 Å². The predicted octanol–water partition coefficient (Wildman–Crippen LogP) is 4.51. The number of anilines is 1. The quantitative estimate of drug-likeness (QED) is 0.428. The molecule has 0 fully saturated rings. The SMILES string of the molecule is COCc1ccc(CC2Nc3c(Cc4ccccc4)nc(-c4ccccc4)c[n+]3C2=O)s1. The van der Waals surface area contributed by atoms with Crippen molar-refractivity contribution >= 4 is 23.1 Å². The number of hydrogen-bond donors (Lipinski definition) is 1. The molecule has 2 aromatic heterocycles. The smallest absolute Gasteiger partial charge is 0.359 e. The Morgan fingerprint density at radius 1 is 1.00 bits per heavy atom. The Hall–Kier alpha value is -3.35. The van der Waals surface area contributed by atoms with Crippen LogP contribution in [0.3, 0.4) is 0 Å². The molecule has 0 radical (unpaired) electrons. The van der Waals surface area contributed by atoms with E-state index >= 15 is 0 Å². The van der Waals surface area contributed by atoms with E-state index in [9.17, 15) is 4.79 Å². The maximum Gasteiger partial charge on any atom is 0.359 e. The molecule has 32 heavy (non-hydrogen) atoms. The number of fused-ring (bicyclic) bond motifs is 1. The molecule has 4 aromatic rings. The van der Waals surface area contributed by atoms with E-state index in [1.807, 2.05) is 54.7 Å². The molecule has 1 unspecified atom stereocenters. The second-order valence-corrected chi connectivity index (χ2v) is 9.11. The van der Waals surface area contributed by atoms with Crippen LogP contribution in [0.1, 0.15) is 25.8 Å². The first kappa shape index (κ1) is 20.5. The molecule has 2 aromatic carbocycles. The van der Waals surface area contributed by atoms with Crippen molar-refractivity contribution in [3.05, 3.63) is 100 Å². The Bertz CT molecular complexity index is 1240. The van der Waals surface area contributed by atoms with Gasteiger partial charge < -0.3 is 4.74 Å². The van der Waals surface area contributed by atoms with Gasteiger partial charge in [0.2, 0.25) is 0 Å². The van der Waals surface area contributed by atoms with Crippen LogP contribution in [0.15, 0.2) is 79.0 Å². The number of carbonyl (C=O) groups is 1. The van der Waals surface area contributed by atoms with Gasteiger partial charge in [0.15, 0.2) is 6.04 Å². The number of ether oxygens (including phenoxy) is 1. The highest BCUT2D eigenvalue weighted by Gasteiger charge is 2.41. The summed E-state index contributed by atoms with van der Waals surface area (Å²) < 4.78 is 6.98. The van der Waals surface area contributed by atoms with E-state index in [0.29, 0.717) is 19.4 Å². The molecular formula is C26H24N3O2S+. The van der Waals surface area contributed by atoms with Gasteiger partial charge in [-0.25, -0.2) is 9.78 Å². The molecule has 0 amide bonds. The zero-order valence-electron chi connectivity index (χ0n) is 17.8. The topological polar surface area (TPSA) is 55.1 Å². The summed E-state index contributed by atoms with van der Waals surface area (Å²) in [5.41, 5.74) is 3.83. The van der Waals surface area contributed by atoms with Crippen molar-refractivity contribution in [1.82, 2.24) is 4.98 Å². The lowest BCUT2D eigenvalue weighted by molar-refractivity contribution is -0.552. The lowest BCUT2D eigenvalue weighted by Crippen LogP contribution is -2.44. The minimum Gasteiger partial charge on any atom is -0.379 e. The highest BCUT2D eigenvalue weighted by atomic mass is 32.1. The highest BCUT2D eigenvalue weighted by molar-refractivity contribution is 7.11. The number of aromatic nitrogens is 2. The largest absolute Gasteiger partial charge is 0.379 e. The lowest BCUT2D eigenvalue weighted by Gasteiger charge is -2.07. The maximum atomic E-state index is 13.4. The van der Waals surface area contributed by atoms with Gasteiger partial charge in [0, 0.05) is 35.3 Å². The average Bonchev–Trinajstić information content (AvgIpc) is 3.40. The molecule has 0 aliphatic carbocycles. The van der Waals surface area contributed by atoms with Crippen LogP contribution < -0.4 is 9.88 Å². The predicted molar refractivity (Wildman–Crippen MR) is 126 cm³/mol. The Morgan fingerprint density at radius 3 is 2.47 bits per heavy atom. The van der Waals surface area contributed by atoms with Gasteiger partial charge >= 0.3 is 11.7 Å². The molecule has 3 heterocycles. The van der Waals surface area contributed by atoms with Gasteiger partial charge in [-0.3, -0.25) is 5.32 Å². The van der Waals surface area contributed by atoms with E-state index < -0.39 is 0 Å². The van der Waals surface area contributed by atoms with E-state index in [1.165, 1.54) is 0 Å². The monoisotopic (exact) mass is 442 g/mol. The van der Waals surface area contributed by atoms with Gasteiger partial charge in [-0.1, -0.05) is 60.7 Å². The molecule has 1 atom stereocenters. The van der Waals surface area contributed by atoms with E-state index in [-0.39, 0.29) is 11.9 Å². The third kappa shape index (κ3) is 4.20. The normalized spacial score (nSPS) is 14.9. The second-order valence-electron chi connectivity index (χ2n) is 7.86. The molecule has 5 nitrogen and oxygen atoms in total. The summed E-state index contributed by atoms with van der Waals surface area (Å²) in [4.78, 5) is 20.7. The van der Waals surface area contributed by atoms with Gasteiger partial charge in [0.05, 0.1) is 6.61 Å². The summed E-state index contributed by atoms with van der Waals surface area (Å²) in [5.74, 6) is 0.841. The van der Waals surface area contributed by atoms with Crippen molar-refractivity contribution in [2.45, 2.75) is 25.5 Å². The van der Waals surface area contributed by atoms with Crippen molar-refractivity contribution < 1.29 is 14.1 Å². The molecule has 6 heteroatoms. The summed E-state index contributed by atoms with van der Waals surface area (Å²) in [6.45, 7) is 0.595. The summed E-state index contributed by atoms with van der Waals surface area (Å²) in [5, 5.41) is 3.47. The molecule has 0 saturated carbocycles. The van der Waals surface area contributed by atoms with Crippen LogP contribution in [0.25, 0.3) is 11.3 Å². The summed E-state index contributed by atoms with van der Waals surface area (Å²) >= 11 is 1.69. The fraction of sp³-hybridized carbons (Fsp3) is 0.192. The van der Waals surface area contributed by atoms with Gasteiger partial charge in [0.25, 0.3) is 0 Å². The molecule has 160 valence electrons. The Labute approximate surface area is 191 Å². The van der Waals surface area contributed by atoms with Crippen LogP contribution in [0.4, 0.5) is 5.82 Å². The van der Waals surface area contributed by atoms with Crippen LogP contribution >= 0.6 is 11.3 Å². The Morgan fingerprint density at radius 2 is 1.72 bits per heavy atom. The molecule has 1 N–H and O–H groups in total. The average molecular weight is 443 g/mol. The molecule has 0 saturated heterocycles. The number of hydrogen-bond acceptors (Lipinski definition) is 5. The number of benzene rings is 2. The second kappa shape index (κ2) is 9.02. The number of methoxy groups -OCH3 is 1. The van der Waals surface area contributed by atoms with Crippen LogP contribution in [-0.2, 0) is 24.2 Å². The summed E-state index contributed by atoms with van der Waals surface area (Å²) in [6, 6.07) is 24.1.